The number of nitrogens with zero attached hydrogens (tertiary/aromatic N) is 3. The summed E-state index contributed by atoms with van der Waals surface area (Å²) in [6.45, 7) is 3.14. The van der Waals surface area contributed by atoms with E-state index in [1.165, 1.54) is 22.6 Å². The molecule has 35 heavy (non-hydrogen) atoms. The molecule has 182 valence electrons. The molecule has 11 heteroatoms. The molecule has 2 heterocycles. The van der Waals surface area contributed by atoms with Crippen LogP contribution in [-0.2, 0) is 19.5 Å². The van der Waals surface area contributed by atoms with Crippen LogP contribution in [0, 0.1) is 0 Å². The highest BCUT2D eigenvalue weighted by atomic mass is 32.2. The Kier molecular flexibility index (Phi) is 7.49. The lowest BCUT2D eigenvalue weighted by Crippen LogP contribution is -2.40. The summed E-state index contributed by atoms with van der Waals surface area (Å²) in [7, 11) is -3.62. The molecule has 3 aromatic rings. The normalized spacial score (nSPS) is 14.3. The van der Waals surface area contributed by atoms with E-state index in [-0.39, 0.29) is 28.7 Å². The molecule has 0 spiro atoms. The van der Waals surface area contributed by atoms with Gasteiger partial charge in [0, 0.05) is 30.5 Å². The van der Waals surface area contributed by atoms with Gasteiger partial charge in [-0.25, -0.2) is 23.2 Å². The number of ether oxygens (including phenoxy) is 2. The van der Waals surface area contributed by atoms with Gasteiger partial charge in [0.15, 0.2) is 0 Å². The van der Waals surface area contributed by atoms with E-state index < -0.39 is 21.8 Å². The Balaban J connectivity index is 1.59. The van der Waals surface area contributed by atoms with Crippen molar-refractivity contribution >= 4 is 33.4 Å². The SMILES string of the molecule is CCOC(=O)c1cnc(Nc2ccc(S(=O)(=O)N3CCOCC3)cc2)nc1C(=O)c1ccccc1. The quantitative estimate of drug-likeness (QED) is 0.370. The van der Waals surface area contributed by atoms with E-state index >= 15 is 0 Å². The molecule has 4 rings (SSSR count). The van der Waals surface area contributed by atoms with E-state index in [2.05, 4.69) is 15.3 Å². The van der Waals surface area contributed by atoms with Crippen LogP contribution in [0.5, 0.6) is 0 Å². The number of nitrogens with one attached hydrogen (secondary N) is 1. The highest BCUT2D eigenvalue weighted by molar-refractivity contribution is 7.89. The monoisotopic (exact) mass is 496 g/mol. The van der Waals surface area contributed by atoms with Crippen molar-refractivity contribution < 1.29 is 27.5 Å². The number of benzene rings is 2. The summed E-state index contributed by atoms with van der Waals surface area (Å²) in [5, 5.41) is 2.95. The highest BCUT2D eigenvalue weighted by Crippen LogP contribution is 2.22. The molecule has 1 saturated heterocycles. The molecule has 1 aromatic heterocycles. The van der Waals surface area contributed by atoms with Gasteiger partial charge in [0.1, 0.15) is 11.3 Å². The number of rotatable bonds is 8. The second-order valence-corrected chi connectivity index (χ2v) is 9.48. The molecule has 1 fully saturated rings. The van der Waals surface area contributed by atoms with E-state index in [0.29, 0.717) is 37.6 Å². The first-order valence-electron chi connectivity index (χ1n) is 11.0. The maximum absolute atomic E-state index is 13.1. The fourth-order valence-electron chi connectivity index (χ4n) is 3.47. The van der Waals surface area contributed by atoms with Gasteiger partial charge in [-0.15, -0.1) is 0 Å². The van der Waals surface area contributed by atoms with Crippen molar-refractivity contribution in [3.8, 4) is 0 Å². The van der Waals surface area contributed by atoms with E-state index in [1.807, 2.05) is 0 Å². The zero-order chi connectivity index (χ0) is 24.8. The summed E-state index contributed by atoms with van der Waals surface area (Å²) in [5.74, 6) is -1.08. The molecule has 1 N–H and O–H groups in total. The third kappa shape index (κ3) is 5.53. The Morgan fingerprint density at radius 2 is 1.74 bits per heavy atom. The number of ketones is 1. The number of sulfonamides is 1. The largest absolute Gasteiger partial charge is 0.462 e. The summed E-state index contributed by atoms with van der Waals surface area (Å²) >= 11 is 0. The van der Waals surface area contributed by atoms with Crippen LogP contribution in [0.3, 0.4) is 0 Å². The minimum atomic E-state index is -3.62. The van der Waals surface area contributed by atoms with Gasteiger partial charge in [-0.3, -0.25) is 4.79 Å². The molecule has 2 aromatic carbocycles. The molecule has 1 aliphatic rings. The molecule has 0 aliphatic carbocycles. The fraction of sp³-hybridized carbons (Fsp3) is 0.250. The van der Waals surface area contributed by atoms with Crippen molar-refractivity contribution in [1.82, 2.24) is 14.3 Å². The minimum absolute atomic E-state index is 0.0433. The number of aromatic nitrogens is 2. The molecular formula is C24H24N4O6S. The van der Waals surface area contributed by atoms with Gasteiger partial charge in [-0.2, -0.15) is 4.31 Å². The van der Waals surface area contributed by atoms with E-state index in [4.69, 9.17) is 9.47 Å². The third-order valence-electron chi connectivity index (χ3n) is 5.25. The average molecular weight is 497 g/mol. The first-order chi connectivity index (χ1) is 16.9. The van der Waals surface area contributed by atoms with Crippen molar-refractivity contribution in [2.45, 2.75) is 11.8 Å². The van der Waals surface area contributed by atoms with Crippen LogP contribution in [0.15, 0.2) is 65.7 Å². The molecule has 0 unspecified atom stereocenters. The van der Waals surface area contributed by atoms with E-state index in [9.17, 15) is 18.0 Å². The van der Waals surface area contributed by atoms with Crippen LogP contribution >= 0.6 is 0 Å². The number of hydrogen-bond acceptors (Lipinski definition) is 9. The molecule has 10 nitrogen and oxygen atoms in total. The lowest BCUT2D eigenvalue weighted by Gasteiger charge is -2.26. The summed E-state index contributed by atoms with van der Waals surface area (Å²) in [6, 6.07) is 14.6. The predicted molar refractivity (Wildman–Crippen MR) is 127 cm³/mol. The second-order valence-electron chi connectivity index (χ2n) is 7.54. The van der Waals surface area contributed by atoms with E-state index in [0.717, 1.165) is 0 Å². The molecular weight excluding hydrogens is 472 g/mol. The maximum atomic E-state index is 13.1. The van der Waals surface area contributed by atoms with Crippen LogP contribution in [0.25, 0.3) is 0 Å². The Morgan fingerprint density at radius 3 is 2.40 bits per heavy atom. The number of hydrogen-bond donors (Lipinski definition) is 1. The van der Waals surface area contributed by atoms with Crippen molar-refractivity contribution in [1.29, 1.82) is 0 Å². The predicted octanol–water partition coefficient (Wildman–Crippen LogP) is 2.65. The standard InChI is InChI=1S/C24H24N4O6S/c1-2-34-23(30)20-16-25-24(27-21(20)22(29)17-6-4-3-5-7-17)26-18-8-10-19(11-9-18)35(31,32)28-12-14-33-15-13-28/h3-11,16H,2,12-15H2,1H3,(H,25,26,27). The molecule has 0 saturated carbocycles. The number of carbonyl (C=O) groups is 2. The fourth-order valence-corrected chi connectivity index (χ4v) is 4.88. The zero-order valence-corrected chi connectivity index (χ0v) is 19.8. The van der Waals surface area contributed by atoms with Crippen LogP contribution in [0.1, 0.15) is 33.3 Å². The third-order valence-corrected chi connectivity index (χ3v) is 7.17. The summed E-state index contributed by atoms with van der Waals surface area (Å²) in [5.41, 5.74) is 0.727. The van der Waals surface area contributed by atoms with Crippen molar-refractivity contribution in [3.05, 3.63) is 77.6 Å². The first-order valence-corrected chi connectivity index (χ1v) is 12.4. The van der Waals surface area contributed by atoms with Gasteiger partial charge in [0.25, 0.3) is 0 Å². The van der Waals surface area contributed by atoms with Crippen molar-refractivity contribution in [2.24, 2.45) is 0 Å². The lowest BCUT2D eigenvalue weighted by atomic mass is 10.0. The molecule has 0 radical (unpaired) electrons. The zero-order valence-electron chi connectivity index (χ0n) is 19.0. The van der Waals surface area contributed by atoms with Crippen molar-refractivity contribution in [3.63, 3.8) is 0 Å². The molecule has 0 bridgehead atoms. The van der Waals surface area contributed by atoms with Gasteiger partial charge in [0.05, 0.1) is 24.7 Å². The number of carbonyl (C=O) groups excluding carboxylic acids is 2. The Morgan fingerprint density at radius 1 is 1.06 bits per heavy atom. The Hall–Kier alpha value is -3.67. The number of esters is 1. The van der Waals surface area contributed by atoms with Gasteiger partial charge < -0.3 is 14.8 Å². The highest BCUT2D eigenvalue weighted by Gasteiger charge is 2.26. The summed E-state index contributed by atoms with van der Waals surface area (Å²) in [6.07, 6.45) is 1.24. The second kappa shape index (κ2) is 10.7. The maximum Gasteiger partial charge on any atom is 0.342 e. The van der Waals surface area contributed by atoms with Crippen LogP contribution in [0.4, 0.5) is 11.6 Å². The summed E-state index contributed by atoms with van der Waals surface area (Å²) in [4.78, 5) is 34.0. The molecule has 0 atom stereocenters. The van der Waals surface area contributed by atoms with Gasteiger partial charge in [-0.1, -0.05) is 30.3 Å². The number of anilines is 2. The lowest BCUT2D eigenvalue weighted by molar-refractivity contribution is 0.0522. The van der Waals surface area contributed by atoms with Gasteiger partial charge >= 0.3 is 5.97 Å². The first kappa shape index (κ1) is 24.5. The Bertz CT molecular complexity index is 1310. The van der Waals surface area contributed by atoms with Crippen LogP contribution in [0.2, 0.25) is 0 Å². The minimum Gasteiger partial charge on any atom is -0.462 e. The topological polar surface area (TPSA) is 128 Å². The average Bonchev–Trinajstić information content (AvgIpc) is 2.89. The molecule has 1 aliphatic heterocycles. The van der Waals surface area contributed by atoms with Gasteiger partial charge in [0.2, 0.25) is 21.8 Å². The summed E-state index contributed by atoms with van der Waals surface area (Å²) < 4.78 is 37.3. The number of morpholine rings is 1. The van der Waals surface area contributed by atoms with Crippen molar-refractivity contribution in [2.75, 3.05) is 38.2 Å². The Labute approximate surface area is 203 Å². The molecule has 0 amide bonds. The van der Waals surface area contributed by atoms with Crippen LogP contribution in [-0.4, -0.2) is 67.4 Å². The van der Waals surface area contributed by atoms with Gasteiger partial charge in [-0.05, 0) is 31.2 Å². The smallest absolute Gasteiger partial charge is 0.342 e. The van der Waals surface area contributed by atoms with Crippen LogP contribution < -0.4 is 5.32 Å². The van der Waals surface area contributed by atoms with E-state index in [1.54, 1.807) is 49.4 Å².